The van der Waals surface area contributed by atoms with Crippen molar-refractivity contribution in [3.63, 3.8) is 0 Å². The Morgan fingerprint density at radius 3 is 2.81 bits per heavy atom. The molecule has 0 aromatic carbocycles. The second-order valence-electron chi connectivity index (χ2n) is 3.37. The Hall–Kier alpha value is -1.62. The lowest BCUT2D eigenvalue weighted by molar-refractivity contribution is -0.158. The van der Waals surface area contributed by atoms with Crippen LogP contribution in [0, 0.1) is 0 Å². The van der Waals surface area contributed by atoms with Gasteiger partial charge in [-0.25, -0.2) is 4.79 Å². The van der Waals surface area contributed by atoms with Crippen LogP contribution in [-0.4, -0.2) is 47.7 Å². The van der Waals surface area contributed by atoms with Crippen molar-refractivity contribution in [3.05, 3.63) is 24.3 Å². The third-order valence-corrected chi connectivity index (χ3v) is 2.20. The number of ether oxygens (including phenoxy) is 1. The van der Waals surface area contributed by atoms with E-state index in [9.17, 15) is 9.59 Å². The van der Waals surface area contributed by atoms with Crippen LogP contribution < -0.4 is 0 Å². The largest absolute Gasteiger partial charge is 0.479 e. The maximum Gasteiger partial charge on any atom is 0.334 e. The number of carboxylic acids is 1. The van der Waals surface area contributed by atoms with Gasteiger partial charge in [-0.1, -0.05) is 18.2 Å². The molecular formula is C11H15NO4. The lowest BCUT2D eigenvalue weighted by Crippen LogP contribution is -2.48. The van der Waals surface area contributed by atoms with Crippen molar-refractivity contribution in [2.75, 3.05) is 19.7 Å². The molecule has 5 nitrogen and oxygen atoms in total. The average molecular weight is 225 g/mol. The summed E-state index contributed by atoms with van der Waals surface area (Å²) in [5, 5.41) is 8.76. The number of carbonyl (C=O) groups is 2. The molecule has 0 bridgehead atoms. The summed E-state index contributed by atoms with van der Waals surface area (Å²) in [6.45, 7) is 2.65. The number of allylic oxidation sites excluding steroid dienone is 3. The summed E-state index contributed by atoms with van der Waals surface area (Å²) < 4.78 is 5.01. The third kappa shape index (κ3) is 3.51. The van der Waals surface area contributed by atoms with Crippen LogP contribution in [0.3, 0.4) is 0 Å². The summed E-state index contributed by atoms with van der Waals surface area (Å²) in [5.74, 6) is -1.22. The Balaban J connectivity index is 2.53. The molecule has 1 amide bonds. The first kappa shape index (κ1) is 12.4. The molecule has 0 saturated carbocycles. The molecular weight excluding hydrogens is 210 g/mol. The standard InChI is InChI=1S/C11H15NO4/c1-2-3-4-5-10(13)12-6-7-16-9(8-12)11(14)15/h2-5,9H,6-8H2,1H3,(H,14,15). The van der Waals surface area contributed by atoms with E-state index in [1.54, 1.807) is 12.2 Å². The zero-order valence-electron chi connectivity index (χ0n) is 9.13. The Morgan fingerprint density at radius 1 is 1.44 bits per heavy atom. The number of nitrogens with zero attached hydrogens (tertiary/aromatic N) is 1. The number of rotatable bonds is 3. The zero-order chi connectivity index (χ0) is 12.0. The molecule has 0 aromatic rings. The highest BCUT2D eigenvalue weighted by Crippen LogP contribution is 2.06. The van der Waals surface area contributed by atoms with Gasteiger partial charge in [-0.3, -0.25) is 4.79 Å². The normalized spacial score (nSPS) is 21.8. The first-order valence-corrected chi connectivity index (χ1v) is 5.08. The van der Waals surface area contributed by atoms with Gasteiger partial charge in [0.2, 0.25) is 5.91 Å². The molecule has 0 aliphatic carbocycles. The van der Waals surface area contributed by atoms with E-state index in [1.807, 2.05) is 13.0 Å². The summed E-state index contributed by atoms with van der Waals surface area (Å²) in [5.41, 5.74) is 0. The van der Waals surface area contributed by atoms with Crippen molar-refractivity contribution < 1.29 is 19.4 Å². The molecule has 16 heavy (non-hydrogen) atoms. The van der Waals surface area contributed by atoms with E-state index in [2.05, 4.69) is 0 Å². The first-order valence-electron chi connectivity index (χ1n) is 5.08. The van der Waals surface area contributed by atoms with Crippen LogP contribution in [0.2, 0.25) is 0 Å². The van der Waals surface area contributed by atoms with Gasteiger partial charge in [-0.2, -0.15) is 0 Å². The minimum absolute atomic E-state index is 0.106. The highest BCUT2D eigenvalue weighted by molar-refractivity contribution is 5.88. The summed E-state index contributed by atoms with van der Waals surface area (Å²) >= 11 is 0. The minimum atomic E-state index is -1.03. The van der Waals surface area contributed by atoms with Gasteiger partial charge in [0.1, 0.15) is 0 Å². The number of amides is 1. The number of carboxylic acid groups (broad SMARTS) is 1. The fourth-order valence-corrected chi connectivity index (χ4v) is 1.35. The van der Waals surface area contributed by atoms with Crippen LogP contribution in [0.5, 0.6) is 0 Å². The van der Waals surface area contributed by atoms with E-state index in [1.165, 1.54) is 11.0 Å². The second-order valence-corrected chi connectivity index (χ2v) is 3.37. The summed E-state index contributed by atoms with van der Waals surface area (Å²) in [7, 11) is 0. The minimum Gasteiger partial charge on any atom is -0.479 e. The number of aliphatic carboxylic acids is 1. The fourth-order valence-electron chi connectivity index (χ4n) is 1.35. The Morgan fingerprint density at radius 2 is 2.19 bits per heavy atom. The maximum absolute atomic E-state index is 11.6. The molecule has 88 valence electrons. The van der Waals surface area contributed by atoms with Crippen molar-refractivity contribution in [3.8, 4) is 0 Å². The van der Waals surface area contributed by atoms with Crippen LogP contribution >= 0.6 is 0 Å². The Kier molecular flexibility index (Phi) is 4.72. The molecule has 1 heterocycles. The molecule has 1 N–H and O–H groups in total. The van der Waals surface area contributed by atoms with Gasteiger partial charge in [-0.15, -0.1) is 0 Å². The Bertz CT molecular complexity index is 322. The van der Waals surface area contributed by atoms with Gasteiger partial charge in [0.05, 0.1) is 13.2 Å². The quantitative estimate of drug-likeness (QED) is 0.558. The van der Waals surface area contributed by atoms with E-state index >= 15 is 0 Å². The van der Waals surface area contributed by atoms with Gasteiger partial charge < -0.3 is 14.7 Å². The van der Waals surface area contributed by atoms with Crippen molar-refractivity contribution in [2.24, 2.45) is 0 Å². The predicted molar refractivity (Wildman–Crippen MR) is 57.9 cm³/mol. The van der Waals surface area contributed by atoms with Gasteiger partial charge in [0, 0.05) is 12.6 Å². The maximum atomic E-state index is 11.6. The van der Waals surface area contributed by atoms with Crippen LogP contribution in [0.25, 0.3) is 0 Å². The topological polar surface area (TPSA) is 66.8 Å². The van der Waals surface area contributed by atoms with Crippen molar-refractivity contribution in [1.82, 2.24) is 4.90 Å². The molecule has 1 aliphatic heterocycles. The van der Waals surface area contributed by atoms with E-state index in [4.69, 9.17) is 9.84 Å². The number of hydrogen-bond acceptors (Lipinski definition) is 3. The van der Waals surface area contributed by atoms with Gasteiger partial charge >= 0.3 is 5.97 Å². The SMILES string of the molecule is CC=CC=CC(=O)N1CCOC(C(=O)O)C1. The van der Waals surface area contributed by atoms with E-state index in [-0.39, 0.29) is 19.1 Å². The average Bonchev–Trinajstić information content (AvgIpc) is 2.29. The number of carbonyl (C=O) groups excluding carboxylic acids is 1. The van der Waals surface area contributed by atoms with E-state index in [0.29, 0.717) is 6.54 Å². The van der Waals surface area contributed by atoms with Crippen LogP contribution in [0.15, 0.2) is 24.3 Å². The van der Waals surface area contributed by atoms with Crippen LogP contribution in [0.1, 0.15) is 6.92 Å². The summed E-state index contributed by atoms with van der Waals surface area (Å²) in [4.78, 5) is 23.8. The van der Waals surface area contributed by atoms with Crippen LogP contribution in [-0.2, 0) is 14.3 Å². The number of hydrogen-bond donors (Lipinski definition) is 1. The molecule has 1 rings (SSSR count). The highest BCUT2D eigenvalue weighted by Gasteiger charge is 2.27. The van der Waals surface area contributed by atoms with E-state index < -0.39 is 12.1 Å². The molecule has 1 aliphatic rings. The zero-order valence-corrected chi connectivity index (χ0v) is 9.13. The molecule has 0 spiro atoms. The molecule has 1 unspecified atom stereocenters. The number of morpholine rings is 1. The highest BCUT2D eigenvalue weighted by atomic mass is 16.5. The van der Waals surface area contributed by atoms with Crippen molar-refractivity contribution >= 4 is 11.9 Å². The molecule has 1 fully saturated rings. The predicted octanol–water partition coefficient (Wildman–Crippen LogP) is 0.431. The molecule has 1 saturated heterocycles. The molecule has 1 atom stereocenters. The van der Waals surface area contributed by atoms with Gasteiger partial charge in [0.25, 0.3) is 0 Å². The Labute approximate surface area is 94.0 Å². The van der Waals surface area contributed by atoms with Crippen molar-refractivity contribution in [2.45, 2.75) is 13.0 Å². The monoisotopic (exact) mass is 225 g/mol. The van der Waals surface area contributed by atoms with E-state index in [0.717, 1.165) is 0 Å². The second kappa shape index (κ2) is 6.07. The lowest BCUT2D eigenvalue weighted by atomic mass is 10.2. The summed E-state index contributed by atoms with van der Waals surface area (Å²) in [6.07, 6.45) is 5.70. The molecule has 0 radical (unpaired) electrons. The van der Waals surface area contributed by atoms with Gasteiger partial charge in [0.15, 0.2) is 6.10 Å². The smallest absolute Gasteiger partial charge is 0.334 e. The summed E-state index contributed by atoms with van der Waals surface area (Å²) in [6, 6.07) is 0. The molecule has 0 aromatic heterocycles. The third-order valence-electron chi connectivity index (χ3n) is 2.20. The van der Waals surface area contributed by atoms with Crippen molar-refractivity contribution in [1.29, 1.82) is 0 Å². The first-order chi connectivity index (χ1) is 7.65. The molecule has 5 heteroatoms. The van der Waals surface area contributed by atoms with Crippen LogP contribution in [0.4, 0.5) is 0 Å². The fraction of sp³-hybridized carbons (Fsp3) is 0.455. The van der Waals surface area contributed by atoms with Gasteiger partial charge in [-0.05, 0) is 6.92 Å². The lowest BCUT2D eigenvalue weighted by Gasteiger charge is -2.29.